The van der Waals surface area contributed by atoms with Crippen molar-refractivity contribution in [2.75, 3.05) is 23.8 Å². The van der Waals surface area contributed by atoms with Gasteiger partial charge < -0.3 is 30.0 Å². The molecule has 0 aliphatic heterocycles. The smallest absolute Gasteiger partial charge is 0.366 e. The van der Waals surface area contributed by atoms with E-state index in [1.54, 1.807) is 24.4 Å². The van der Waals surface area contributed by atoms with E-state index in [-0.39, 0.29) is 43.7 Å². The van der Waals surface area contributed by atoms with Gasteiger partial charge >= 0.3 is 6.18 Å². The van der Waals surface area contributed by atoms with E-state index < -0.39 is 17.5 Å². The summed E-state index contributed by atoms with van der Waals surface area (Å²) < 4.78 is 43.3. The Balaban J connectivity index is 1.43. The molecular weight excluding hydrogens is 692 g/mol. The van der Waals surface area contributed by atoms with Gasteiger partial charge in [-0.25, -0.2) is 9.97 Å². The number of hydrogen-bond donors (Lipinski definition) is 3. The van der Waals surface area contributed by atoms with Gasteiger partial charge in [0.2, 0.25) is 11.9 Å². The first-order chi connectivity index (χ1) is 23.4. The van der Waals surface area contributed by atoms with Gasteiger partial charge in [0, 0.05) is 52.0 Å². The minimum absolute atomic E-state index is 0.0345. The standard InChI is InChI=1S/C35H43Cl2F3N8O2/c1-34(2,3)32(50)43-18-21-9-12-24(36)30(29(21)37)45-33-44-25-15-23(31(49)42-17-20-7-10-22(11-8-20)35(38,39)40)26(16-27(25)48(33)6)47(5)19-28-41-13-14-46(28)4/h9,12-16,20,22H,7-8,10-11,17-19H2,1-6H3,(H,42,49)(H,43,50)(H,44,45). The summed E-state index contributed by atoms with van der Waals surface area (Å²) in [7, 11) is 5.58. The number of imidazole rings is 2. The topological polar surface area (TPSA) is 109 Å². The molecule has 2 aromatic carbocycles. The molecule has 10 nitrogen and oxygen atoms in total. The average Bonchev–Trinajstić information content (AvgIpc) is 3.60. The number of aromatic nitrogens is 4. The lowest BCUT2D eigenvalue weighted by atomic mass is 9.81. The Morgan fingerprint density at radius 2 is 1.74 bits per heavy atom. The van der Waals surface area contributed by atoms with Crippen LogP contribution in [0.25, 0.3) is 11.0 Å². The van der Waals surface area contributed by atoms with Gasteiger partial charge in [0.1, 0.15) is 5.82 Å². The van der Waals surface area contributed by atoms with E-state index in [9.17, 15) is 22.8 Å². The van der Waals surface area contributed by atoms with Crippen molar-refractivity contribution in [2.45, 2.75) is 65.7 Å². The molecule has 270 valence electrons. The van der Waals surface area contributed by atoms with Crippen LogP contribution >= 0.6 is 23.2 Å². The van der Waals surface area contributed by atoms with Crippen LogP contribution in [0.3, 0.4) is 0 Å². The van der Waals surface area contributed by atoms with Gasteiger partial charge in [-0.3, -0.25) is 9.59 Å². The Morgan fingerprint density at radius 1 is 1.04 bits per heavy atom. The fraction of sp³-hybridized carbons (Fsp3) is 0.486. The number of anilines is 3. The first-order valence-electron chi connectivity index (χ1n) is 16.5. The molecule has 2 heterocycles. The second-order valence-electron chi connectivity index (χ2n) is 14.1. The highest BCUT2D eigenvalue weighted by atomic mass is 35.5. The number of nitrogens with one attached hydrogen (secondary N) is 3. The van der Waals surface area contributed by atoms with Crippen LogP contribution in [-0.2, 0) is 32.0 Å². The highest BCUT2D eigenvalue weighted by Crippen LogP contribution is 2.40. The Morgan fingerprint density at radius 3 is 2.36 bits per heavy atom. The van der Waals surface area contributed by atoms with Crippen LogP contribution in [0.15, 0.2) is 36.7 Å². The van der Waals surface area contributed by atoms with E-state index in [0.29, 0.717) is 63.4 Å². The van der Waals surface area contributed by atoms with Gasteiger partial charge in [0.25, 0.3) is 5.91 Å². The summed E-state index contributed by atoms with van der Waals surface area (Å²) in [5, 5.41) is 9.82. The molecule has 0 atom stereocenters. The van der Waals surface area contributed by atoms with Crippen molar-refractivity contribution in [3.63, 3.8) is 0 Å². The molecule has 2 amide bonds. The summed E-state index contributed by atoms with van der Waals surface area (Å²) in [4.78, 5) is 37.4. The second-order valence-corrected chi connectivity index (χ2v) is 14.9. The molecule has 1 fully saturated rings. The molecule has 1 aliphatic rings. The molecule has 1 aliphatic carbocycles. The largest absolute Gasteiger partial charge is 0.391 e. The fourth-order valence-electron chi connectivity index (χ4n) is 6.11. The van der Waals surface area contributed by atoms with Gasteiger partial charge in [-0.2, -0.15) is 13.2 Å². The minimum Gasteiger partial charge on any atom is -0.366 e. The number of carbonyl (C=O) groups excluding carboxylic acids is 2. The summed E-state index contributed by atoms with van der Waals surface area (Å²) in [6.45, 7) is 6.37. The van der Waals surface area contributed by atoms with Crippen molar-refractivity contribution < 1.29 is 22.8 Å². The minimum atomic E-state index is -4.18. The Kier molecular flexibility index (Phi) is 11.0. The van der Waals surface area contributed by atoms with E-state index in [1.165, 1.54) is 0 Å². The monoisotopic (exact) mass is 734 g/mol. The zero-order chi connectivity index (χ0) is 36.5. The van der Waals surface area contributed by atoms with Gasteiger partial charge in [0.15, 0.2) is 0 Å². The van der Waals surface area contributed by atoms with Gasteiger partial charge in [0.05, 0.1) is 50.5 Å². The number of rotatable bonds is 10. The fourth-order valence-corrected chi connectivity index (χ4v) is 6.64. The molecule has 0 unspecified atom stereocenters. The molecule has 0 bridgehead atoms. The molecule has 4 aromatic rings. The SMILES string of the molecule is CN(Cc1nccn1C)c1cc2c(cc1C(=O)NCC1CCC(C(F)(F)F)CC1)nc(Nc1c(Cl)ccc(CNC(=O)C(C)(C)C)c1Cl)n2C. The number of fused-ring (bicyclic) bond motifs is 1. The zero-order valence-corrected chi connectivity index (χ0v) is 30.5. The van der Waals surface area contributed by atoms with E-state index in [0.717, 1.165) is 11.3 Å². The Labute approximate surface area is 299 Å². The lowest BCUT2D eigenvalue weighted by Crippen LogP contribution is -2.34. The highest BCUT2D eigenvalue weighted by molar-refractivity contribution is 6.39. The van der Waals surface area contributed by atoms with Crippen LogP contribution in [-0.4, -0.2) is 50.7 Å². The lowest BCUT2D eigenvalue weighted by Gasteiger charge is -2.30. The Bertz CT molecular complexity index is 1870. The van der Waals surface area contributed by atoms with E-state index in [4.69, 9.17) is 28.2 Å². The van der Waals surface area contributed by atoms with Crippen LogP contribution in [0.1, 0.15) is 68.2 Å². The summed E-state index contributed by atoms with van der Waals surface area (Å²) in [5.41, 5.74) is 2.76. The number of halogens is 5. The molecule has 5 rings (SSSR count). The van der Waals surface area contributed by atoms with E-state index in [1.807, 2.05) is 68.2 Å². The molecule has 50 heavy (non-hydrogen) atoms. The first-order valence-corrected chi connectivity index (χ1v) is 17.2. The van der Waals surface area contributed by atoms with Crippen molar-refractivity contribution in [2.24, 2.45) is 31.3 Å². The van der Waals surface area contributed by atoms with Crippen LogP contribution in [0.5, 0.6) is 0 Å². The number of amides is 2. The number of benzene rings is 2. The molecular formula is C35H43Cl2F3N8O2. The third-order valence-electron chi connectivity index (χ3n) is 9.34. The number of aryl methyl sites for hydroxylation is 2. The van der Waals surface area contributed by atoms with Crippen molar-refractivity contribution >= 4 is 63.4 Å². The van der Waals surface area contributed by atoms with E-state index >= 15 is 0 Å². The average molecular weight is 736 g/mol. The first kappa shape index (κ1) is 37.3. The lowest BCUT2D eigenvalue weighted by molar-refractivity contribution is -0.183. The quantitative estimate of drug-likeness (QED) is 0.154. The summed E-state index contributed by atoms with van der Waals surface area (Å²) in [5.74, 6) is -0.579. The highest BCUT2D eigenvalue weighted by Gasteiger charge is 2.41. The third-order valence-corrected chi connectivity index (χ3v) is 10.1. The number of hydrogen-bond acceptors (Lipinski definition) is 6. The zero-order valence-electron chi connectivity index (χ0n) is 29.0. The molecule has 1 saturated carbocycles. The summed E-state index contributed by atoms with van der Waals surface area (Å²) >= 11 is 13.4. The second kappa shape index (κ2) is 14.7. The van der Waals surface area contributed by atoms with Crippen molar-refractivity contribution in [3.8, 4) is 0 Å². The van der Waals surface area contributed by atoms with Crippen LogP contribution in [0.2, 0.25) is 10.0 Å². The number of alkyl halides is 3. The van der Waals surface area contributed by atoms with Gasteiger partial charge in [-0.15, -0.1) is 0 Å². The number of carbonyl (C=O) groups is 2. The maximum Gasteiger partial charge on any atom is 0.391 e. The maximum absolute atomic E-state index is 13.8. The molecule has 3 N–H and O–H groups in total. The predicted molar refractivity (Wildman–Crippen MR) is 191 cm³/mol. The van der Waals surface area contributed by atoms with Gasteiger partial charge in [-0.1, -0.05) is 50.0 Å². The third kappa shape index (κ3) is 8.31. The van der Waals surface area contributed by atoms with Crippen LogP contribution in [0, 0.1) is 17.3 Å². The normalized spacial score (nSPS) is 16.8. The van der Waals surface area contributed by atoms with E-state index in [2.05, 4.69) is 20.9 Å². The number of nitrogens with zero attached hydrogens (tertiary/aromatic N) is 5. The van der Waals surface area contributed by atoms with Crippen LogP contribution in [0.4, 0.5) is 30.5 Å². The van der Waals surface area contributed by atoms with Crippen molar-refractivity contribution in [1.82, 2.24) is 29.7 Å². The summed E-state index contributed by atoms with van der Waals surface area (Å²) in [6, 6.07) is 7.04. The molecule has 15 heteroatoms. The molecule has 0 radical (unpaired) electrons. The van der Waals surface area contributed by atoms with Crippen molar-refractivity contribution in [1.29, 1.82) is 0 Å². The predicted octanol–water partition coefficient (Wildman–Crippen LogP) is 7.75. The Hall–Kier alpha value is -3.97. The van der Waals surface area contributed by atoms with Gasteiger partial charge in [-0.05, 0) is 55.4 Å². The molecule has 0 spiro atoms. The molecule has 0 saturated heterocycles. The van der Waals surface area contributed by atoms with Crippen LogP contribution < -0.4 is 20.9 Å². The van der Waals surface area contributed by atoms with Crippen molar-refractivity contribution in [3.05, 3.63) is 63.7 Å². The molecule has 2 aromatic heterocycles. The summed E-state index contributed by atoms with van der Waals surface area (Å²) in [6.07, 6.45) is 0.308. The maximum atomic E-state index is 13.8.